The molecule has 1 aromatic carbocycles. The van der Waals surface area contributed by atoms with Crippen LogP contribution in [0.2, 0.25) is 0 Å². The Hall–Kier alpha value is -3.87. The van der Waals surface area contributed by atoms with Crippen molar-refractivity contribution in [3.8, 4) is 5.69 Å². The highest BCUT2D eigenvalue weighted by Crippen LogP contribution is 2.21. The van der Waals surface area contributed by atoms with Gasteiger partial charge in [0.15, 0.2) is 5.82 Å². The van der Waals surface area contributed by atoms with Crippen molar-refractivity contribution in [2.45, 2.75) is 13.3 Å². The lowest BCUT2D eigenvalue weighted by Crippen LogP contribution is -2.03. The predicted octanol–water partition coefficient (Wildman–Crippen LogP) is 4.44. The third-order valence-electron chi connectivity index (χ3n) is 4.22. The number of aliphatic imine (C=N–C) groups is 1. The van der Waals surface area contributed by atoms with Crippen LogP contribution >= 0.6 is 0 Å². The highest BCUT2D eigenvalue weighted by Gasteiger charge is 2.12. The first kappa shape index (κ1) is 18.5. The van der Waals surface area contributed by atoms with E-state index in [0.29, 0.717) is 12.2 Å². The zero-order chi connectivity index (χ0) is 20.2. The molecule has 0 aliphatic carbocycles. The summed E-state index contributed by atoms with van der Waals surface area (Å²) in [6.07, 6.45) is 11.1. The van der Waals surface area contributed by atoms with Crippen LogP contribution in [0.1, 0.15) is 12.7 Å². The number of rotatable bonds is 6. The van der Waals surface area contributed by atoms with E-state index in [1.807, 2.05) is 35.9 Å². The third kappa shape index (κ3) is 4.03. The molecule has 0 atom stereocenters. The third-order valence-corrected chi connectivity index (χ3v) is 4.22. The second kappa shape index (κ2) is 8.02. The molecule has 6 nitrogen and oxygen atoms in total. The van der Waals surface area contributed by atoms with Crippen LogP contribution < -0.4 is 0 Å². The van der Waals surface area contributed by atoms with Crippen LogP contribution in [-0.4, -0.2) is 30.5 Å². The van der Waals surface area contributed by atoms with Crippen LogP contribution in [-0.2, 0) is 6.42 Å². The molecule has 0 amide bonds. The summed E-state index contributed by atoms with van der Waals surface area (Å²) < 4.78 is 17.0. The van der Waals surface area contributed by atoms with Crippen molar-refractivity contribution >= 4 is 23.1 Å². The number of aromatic nitrogens is 5. The van der Waals surface area contributed by atoms with E-state index in [2.05, 4.69) is 21.7 Å². The fraction of sp³-hybridized carbons (Fsp3) is 0.0909. The minimum atomic E-state index is -0.284. The van der Waals surface area contributed by atoms with Crippen LogP contribution in [0.3, 0.4) is 0 Å². The predicted molar refractivity (Wildman–Crippen MR) is 112 cm³/mol. The fourth-order valence-corrected chi connectivity index (χ4v) is 3.00. The average Bonchev–Trinajstić information content (AvgIpc) is 3.35. The molecule has 3 aromatic heterocycles. The number of hydrogen-bond donors (Lipinski definition) is 0. The van der Waals surface area contributed by atoms with Gasteiger partial charge in [0.25, 0.3) is 0 Å². The number of allylic oxidation sites excluding steroid dienone is 2. The Morgan fingerprint density at radius 2 is 2.03 bits per heavy atom. The van der Waals surface area contributed by atoms with E-state index in [0.717, 1.165) is 28.1 Å². The van der Waals surface area contributed by atoms with Gasteiger partial charge in [0.1, 0.15) is 11.6 Å². The molecule has 0 saturated carbocycles. The first-order chi connectivity index (χ1) is 14.1. The number of pyridine rings is 1. The monoisotopic (exact) mass is 386 g/mol. The zero-order valence-electron chi connectivity index (χ0n) is 15.9. The molecule has 0 spiro atoms. The normalized spacial score (nSPS) is 12.1. The minimum absolute atomic E-state index is 0.284. The number of benzene rings is 1. The molecular formula is C22H19FN6. The van der Waals surface area contributed by atoms with Crippen LogP contribution in [0, 0.1) is 5.82 Å². The Bertz CT molecular complexity index is 1200. The molecule has 0 aliphatic rings. The van der Waals surface area contributed by atoms with Gasteiger partial charge in [0.2, 0.25) is 0 Å². The lowest BCUT2D eigenvalue weighted by atomic mass is 10.3. The Morgan fingerprint density at radius 3 is 2.76 bits per heavy atom. The molecule has 0 N–H and O–H groups in total. The van der Waals surface area contributed by atoms with Crippen molar-refractivity contribution in [1.29, 1.82) is 0 Å². The Kier molecular flexibility index (Phi) is 5.11. The van der Waals surface area contributed by atoms with Gasteiger partial charge >= 0.3 is 0 Å². The molecule has 0 unspecified atom stereocenters. The van der Waals surface area contributed by atoms with Gasteiger partial charge in [-0.15, -0.1) is 0 Å². The molecule has 0 bridgehead atoms. The fourth-order valence-electron chi connectivity index (χ4n) is 3.00. The first-order valence-corrected chi connectivity index (χ1v) is 9.09. The van der Waals surface area contributed by atoms with Gasteiger partial charge in [0.05, 0.1) is 17.2 Å². The van der Waals surface area contributed by atoms with E-state index in [4.69, 9.17) is 4.98 Å². The van der Waals surface area contributed by atoms with Crippen LogP contribution in [0.25, 0.3) is 22.5 Å². The van der Waals surface area contributed by atoms with Gasteiger partial charge in [-0.2, -0.15) is 5.10 Å². The van der Waals surface area contributed by atoms with Crippen LogP contribution in [0.4, 0.5) is 4.39 Å². The zero-order valence-corrected chi connectivity index (χ0v) is 15.9. The molecule has 3 heterocycles. The lowest BCUT2D eigenvalue weighted by Gasteiger charge is -2.08. The van der Waals surface area contributed by atoms with Crippen molar-refractivity contribution in [3.63, 3.8) is 0 Å². The molecule has 29 heavy (non-hydrogen) atoms. The summed E-state index contributed by atoms with van der Waals surface area (Å²) in [6, 6.07) is 10.00. The summed E-state index contributed by atoms with van der Waals surface area (Å²) in [7, 11) is 0. The van der Waals surface area contributed by atoms with Crippen molar-refractivity contribution in [3.05, 3.63) is 91.1 Å². The van der Waals surface area contributed by atoms with E-state index in [1.165, 1.54) is 12.1 Å². The molecule has 4 aromatic rings. The molecular weight excluding hydrogens is 367 g/mol. The summed E-state index contributed by atoms with van der Waals surface area (Å²) in [4.78, 5) is 13.5. The molecule has 0 aliphatic heterocycles. The molecule has 144 valence electrons. The van der Waals surface area contributed by atoms with Crippen LogP contribution in [0.5, 0.6) is 0 Å². The van der Waals surface area contributed by atoms with E-state index >= 15 is 0 Å². The summed E-state index contributed by atoms with van der Waals surface area (Å²) in [6.45, 7) is 5.82. The van der Waals surface area contributed by atoms with Crippen molar-refractivity contribution in [2.24, 2.45) is 4.99 Å². The highest BCUT2D eigenvalue weighted by atomic mass is 19.1. The Labute approximate surface area is 167 Å². The number of fused-ring (bicyclic) bond motifs is 1. The van der Waals surface area contributed by atoms with Crippen molar-refractivity contribution in [2.75, 3.05) is 0 Å². The molecule has 0 fully saturated rings. The average molecular weight is 386 g/mol. The lowest BCUT2D eigenvalue weighted by molar-refractivity contribution is 0.627. The minimum Gasteiger partial charge on any atom is -0.294 e. The number of halogens is 1. The summed E-state index contributed by atoms with van der Waals surface area (Å²) in [5, 5.41) is 4.23. The second-order valence-electron chi connectivity index (χ2n) is 6.52. The van der Waals surface area contributed by atoms with E-state index in [9.17, 15) is 4.39 Å². The van der Waals surface area contributed by atoms with Gasteiger partial charge in [-0.1, -0.05) is 12.2 Å². The Balaban J connectivity index is 1.71. The first-order valence-electron chi connectivity index (χ1n) is 9.09. The molecule has 4 rings (SSSR count). The molecule has 0 radical (unpaired) electrons. The Morgan fingerprint density at radius 1 is 1.21 bits per heavy atom. The highest BCUT2D eigenvalue weighted by molar-refractivity contribution is 5.78. The maximum absolute atomic E-state index is 13.4. The summed E-state index contributed by atoms with van der Waals surface area (Å²) >= 11 is 0. The van der Waals surface area contributed by atoms with Gasteiger partial charge < -0.3 is 0 Å². The maximum Gasteiger partial charge on any atom is 0.153 e. The van der Waals surface area contributed by atoms with Crippen molar-refractivity contribution < 1.29 is 4.39 Å². The van der Waals surface area contributed by atoms with Gasteiger partial charge in [0, 0.05) is 36.9 Å². The number of imidazole rings is 1. The SMILES string of the molecule is C=C(C)/C=C(\N=CCc1nc2ccncc2n1-c1ccc(F)cc1)n1cccn1. The molecule has 7 heteroatoms. The number of nitrogens with zero attached hydrogens (tertiary/aromatic N) is 6. The van der Waals surface area contributed by atoms with Gasteiger partial charge in [-0.25, -0.2) is 19.0 Å². The van der Waals surface area contributed by atoms with E-state index < -0.39 is 0 Å². The second-order valence-corrected chi connectivity index (χ2v) is 6.52. The van der Waals surface area contributed by atoms with E-state index in [-0.39, 0.29) is 5.82 Å². The maximum atomic E-state index is 13.4. The molecule has 0 saturated heterocycles. The van der Waals surface area contributed by atoms with Gasteiger partial charge in [-0.05, 0) is 49.4 Å². The smallest absolute Gasteiger partial charge is 0.153 e. The summed E-state index contributed by atoms with van der Waals surface area (Å²) in [5.41, 5.74) is 3.36. The number of hydrogen-bond acceptors (Lipinski definition) is 4. The largest absolute Gasteiger partial charge is 0.294 e. The summed E-state index contributed by atoms with van der Waals surface area (Å²) in [5.74, 6) is 1.15. The standard InChI is InChI=1S/C22H19FN6/c1-16(2)14-22(28-13-3-10-26-28)25-12-9-21-27-19-8-11-24-15-20(19)29(21)18-6-4-17(23)5-7-18/h3-8,10-15H,1,9H2,2H3/b22-14+,25-12?. The topological polar surface area (TPSA) is 60.9 Å². The van der Waals surface area contributed by atoms with E-state index in [1.54, 1.807) is 41.6 Å². The van der Waals surface area contributed by atoms with Gasteiger partial charge in [-0.3, -0.25) is 9.55 Å². The quantitative estimate of drug-likeness (QED) is 0.363. The van der Waals surface area contributed by atoms with Crippen molar-refractivity contribution in [1.82, 2.24) is 24.3 Å². The van der Waals surface area contributed by atoms with Crippen LogP contribution in [0.15, 0.2) is 84.4 Å².